The molecular formula is C12H13FO4. The van der Waals surface area contributed by atoms with Gasteiger partial charge in [-0.2, -0.15) is 0 Å². The molecule has 4 nitrogen and oxygen atoms in total. The third-order valence-corrected chi connectivity index (χ3v) is 3.15. The van der Waals surface area contributed by atoms with Gasteiger partial charge in [0.15, 0.2) is 11.6 Å². The van der Waals surface area contributed by atoms with Crippen LogP contribution in [-0.4, -0.2) is 25.3 Å². The molecule has 1 N–H and O–H groups in total. The third kappa shape index (κ3) is 1.62. The van der Waals surface area contributed by atoms with Crippen molar-refractivity contribution in [2.75, 3.05) is 14.2 Å². The zero-order valence-corrected chi connectivity index (χ0v) is 9.62. The number of carboxylic acid groups (broad SMARTS) is 1. The highest BCUT2D eigenvalue weighted by Gasteiger charge is 2.55. The van der Waals surface area contributed by atoms with Crippen LogP contribution in [0.3, 0.4) is 0 Å². The van der Waals surface area contributed by atoms with Crippen LogP contribution in [-0.2, 0) is 10.2 Å². The molecule has 0 aromatic heterocycles. The van der Waals surface area contributed by atoms with Crippen molar-refractivity contribution in [1.82, 2.24) is 0 Å². The second-order valence-corrected chi connectivity index (χ2v) is 4.05. The van der Waals surface area contributed by atoms with Crippen LogP contribution in [0.4, 0.5) is 4.39 Å². The number of methoxy groups -OCH3 is 2. The molecular weight excluding hydrogens is 227 g/mol. The first-order chi connectivity index (χ1) is 8.06. The fourth-order valence-corrected chi connectivity index (χ4v) is 2.01. The number of aliphatic carboxylic acids is 1. The lowest BCUT2D eigenvalue weighted by Crippen LogP contribution is -2.22. The number of ether oxygens (including phenoxy) is 2. The molecule has 92 valence electrons. The van der Waals surface area contributed by atoms with Gasteiger partial charge in [-0.1, -0.05) is 0 Å². The fraction of sp³-hybridized carbons (Fsp3) is 0.417. The fourth-order valence-electron chi connectivity index (χ4n) is 2.01. The molecule has 1 saturated carbocycles. The molecule has 5 heteroatoms. The Bertz CT molecular complexity index is 466. The van der Waals surface area contributed by atoms with Crippen LogP contribution >= 0.6 is 0 Å². The van der Waals surface area contributed by atoms with Crippen LogP contribution in [0.2, 0.25) is 0 Å². The van der Waals surface area contributed by atoms with E-state index in [1.165, 1.54) is 26.4 Å². The number of benzene rings is 1. The Morgan fingerprint density at radius 1 is 1.29 bits per heavy atom. The van der Waals surface area contributed by atoms with Gasteiger partial charge in [0.2, 0.25) is 0 Å². The lowest BCUT2D eigenvalue weighted by Gasteiger charge is -2.17. The lowest BCUT2D eigenvalue weighted by atomic mass is 9.94. The summed E-state index contributed by atoms with van der Waals surface area (Å²) in [5, 5.41) is 9.20. The molecule has 0 atom stereocenters. The minimum atomic E-state index is -1.15. The summed E-state index contributed by atoms with van der Waals surface area (Å²) in [6.07, 6.45) is 0.839. The van der Waals surface area contributed by atoms with E-state index in [0.717, 1.165) is 0 Å². The molecule has 1 aliphatic rings. The molecule has 0 unspecified atom stereocenters. The van der Waals surface area contributed by atoms with Crippen molar-refractivity contribution in [3.8, 4) is 11.5 Å². The van der Waals surface area contributed by atoms with E-state index in [0.29, 0.717) is 12.8 Å². The van der Waals surface area contributed by atoms with E-state index in [4.69, 9.17) is 9.47 Å². The first kappa shape index (κ1) is 11.7. The van der Waals surface area contributed by atoms with Crippen LogP contribution in [0.1, 0.15) is 18.4 Å². The molecule has 0 radical (unpaired) electrons. The van der Waals surface area contributed by atoms with E-state index < -0.39 is 17.2 Å². The Hall–Kier alpha value is -1.78. The summed E-state index contributed by atoms with van der Waals surface area (Å²) in [7, 11) is 2.73. The quantitative estimate of drug-likeness (QED) is 0.874. The van der Waals surface area contributed by atoms with E-state index in [9.17, 15) is 14.3 Å². The largest absolute Gasteiger partial charge is 0.496 e. The summed E-state index contributed by atoms with van der Waals surface area (Å²) in [6.45, 7) is 0. The van der Waals surface area contributed by atoms with Gasteiger partial charge >= 0.3 is 5.97 Å². The second kappa shape index (κ2) is 3.91. The average molecular weight is 240 g/mol. The topological polar surface area (TPSA) is 55.8 Å². The summed E-state index contributed by atoms with van der Waals surface area (Å²) < 4.78 is 24.1. The van der Waals surface area contributed by atoms with Crippen molar-refractivity contribution in [3.63, 3.8) is 0 Å². The van der Waals surface area contributed by atoms with Gasteiger partial charge in [0.25, 0.3) is 0 Å². The Balaban J connectivity index is 2.62. The van der Waals surface area contributed by atoms with Crippen molar-refractivity contribution in [3.05, 3.63) is 23.5 Å². The van der Waals surface area contributed by atoms with Gasteiger partial charge in [-0.3, -0.25) is 4.79 Å². The van der Waals surface area contributed by atoms with Crippen molar-refractivity contribution >= 4 is 5.97 Å². The van der Waals surface area contributed by atoms with Crippen LogP contribution in [0.25, 0.3) is 0 Å². The van der Waals surface area contributed by atoms with Gasteiger partial charge in [0.1, 0.15) is 5.75 Å². The summed E-state index contributed by atoms with van der Waals surface area (Å²) in [4.78, 5) is 11.2. The molecule has 17 heavy (non-hydrogen) atoms. The first-order valence-corrected chi connectivity index (χ1v) is 5.21. The zero-order valence-electron chi connectivity index (χ0n) is 9.62. The number of hydrogen-bond acceptors (Lipinski definition) is 3. The maximum absolute atomic E-state index is 14.1. The van der Waals surface area contributed by atoms with E-state index in [-0.39, 0.29) is 17.1 Å². The van der Waals surface area contributed by atoms with Gasteiger partial charge in [-0.05, 0) is 25.0 Å². The minimum absolute atomic E-state index is 0.0355. The molecule has 0 aliphatic heterocycles. The normalized spacial score (nSPS) is 16.4. The van der Waals surface area contributed by atoms with Crippen LogP contribution in [0, 0.1) is 5.82 Å². The summed E-state index contributed by atoms with van der Waals surface area (Å²) in [6, 6.07) is 2.95. The number of carboxylic acids is 1. The van der Waals surface area contributed by atoms with Gasteiger partial charge in [0.05, 0.1) is 25.2 Å². The van der Waals surface area contributed by atoms with Gasteiger partial charge in [-0.15, -0.1) is 0 Å². The van der Waals surface area contributed by atoms with E-state index in [1.54, 1.807) is 0 Å². The zero-order chi connectivity index (χ0) is 12.6. The van der Waals surface area contributed by atoms with Gasteiger partial charge in [-0.25, -0.2) is 4.39 Å². The molecule has 1 aromatic rings. The minimum Gasteiger partial charge on any atom is -0.496 e. The highest BCUT2D eigenvalue weighted by atomic mass is 19.1. The van der Waals surface area contributed by atoms with E-state index in [2.05, 4.69) is 0 Å². The summed E-state index contributed by atoms with van der Waals surface area (Å²) in [5.41, 5.74) is -1.06. The van der Waals surface area contributed by atoms with Gasteiger partial charge < -0.3 is 14.6 Å². The molecule has 1 fully saturated rings. The highest BCUT2D eigenvalue weighted by molar-refractivity contribution is 5.86. The maximum Gasteiger partial charge on any atom is 0.314 e. The van der Waals surface area contributed by atoms with Crippen LogP contribution < -0.4 is 9.47 Å². The van der Waals surface area contributed by atoms with Crippen molar-refractivity contribution in [2.24, 2.45) is 0 Å². The van der Waals surface area contributed by atoms with Crippen LogP contribution in [0.5, 0.6) is 11.5 Å². The maximum atomic E-state index is 14.1. The highest BCUT2D eigenvalue weighted by Crippen LogP contribution is 2.53. The number of rotatable bonds is 4. The van der Waals surface area contributed by atoms with Crippen molar-refractivity contribution in [2.45, 2.75) is 18.3 Å². The molecule has 2 rings (SSSR count). The third-order valence-electron chi connectivity index (χ3n) is 3.15. The standard InChI is InChI=1S/C12H13FO4/c1-16-7-3-4-8(17-2)10(13)9(7)12(5-6-12)11(14)15/h3-4H,5-6H2,1-2H3,(H,14,15). The Morgan fingerprint density at radius 3 is 2.24 bits per heavy atom. The van der Waals surface area contributed by atoms with Crippen molar-refractivity contribution < 1.29 is 23.8 Å². The number of hydrogen-bond donors (Lipinski definition) is 1. The molecule has 0 heterocycles. The van der Waals surface area contributed by atoms with Crippen molar-refractivity contribution in [1.29, 1.82) is 0 Å². The first-order valence-electron chi connectivity index (χ1n) is 5.21. The summed E-state index contributed by atoms with van der Waals surface area (Å²) in [5.74, 6) is -1.38. The van der Waals surface area contributed by atoms with E-state index >= 15 is 0 Å². The lowest BCUT2D eigenvalue weighted by molar-refractivity contribution is -0.140. The van der Waals surface area contributed by atoms with E-state index in [1.807, 2.05) is 0 Å². The Morgan fingerprint density at radius 2 is 1.82 bits per heavy atom. The van der Waals surface area contributed by atoms with Crippen LogP contribution in [0.15, 0.2) is 12.1 Å². The number of carbonyl (C=O) groups is 1. The number of halogens is 1. The second-order valence-electron chi connectivity index (χ2n) is 4.05. The molecule has 0 saturated heterocycles. The molecule has 1 aromatic carbocycles. The Kier molecular flexibility index (Phi) is 2.69. The smallest absolute Gasteiger partial charge is 0.314 e. The molecule has 0 amide bonds. The summed E-state index contributed by atoms with van der Waals surface area (Å²) >= 11 is 0. The molecule has 1 aliphatic carbocycles. The van der Waals surface area contributed by atoms with Gasteiger partial charge in [0, 0.05) is 0 Å². The Labute approximate surface area is 98.0 Å². The molecule has 0 spiro atoms. The average Bonchev–Trinajstić information content (AvgIpc) is 3.09. The molecule has 0 bridgehead atoms. The predicted molar refractivity (Wildman–Crippen MR) is 58.1 cm³/mol. The monoisotopic (exact) mass is 240 g/mol. The predicted octanol–water partition coefficient (Wildman–Crippen LogP) is 1.96. The SMILES string of the molecule is COc1ccc(OC)c(C2(C(=O)O)CC2)c1F.